The van der Waals surface area contributed by atoms with Crippen LogP contribution in [0.2, 0.25) is 0 Å². The Kier molecular flexibility index (Phi) is 6.25. The molecule has 0 spiro atoms. The zero-order valence-corrected chi connectivity index (χ0v) is 14.5. The highest BCUT2D eigenvalue weighted by Crippen LogP contribution is 2.20. The highest BCUT2D eigenvalue weighted by Gasteiger charge is 2.20. The van der Waals surface area contributed by atoms with Gasteiger partial charge in [-0.05, 0) is 42.7 Å². The van der Waals surface area contributed by atoms with Crippen LogP contribution in [0.3, 0.4) is 0 Å². The molecule has 1 fully saturated rings. The van der Waals surface area contributed by atoms with Crippen molar-refractivity contribution < 1.29 is 23.7 Å². The molecule has 2 atom stereocenters. The van der Waals surface area contributed by atoms with Gasteiger partial charge in [-0.25, -0.2) is 4.79 Å². The van der Waals surface area contributed by atoms with Crippen molar-refractivity contribution in [3.63, 3.8) is 0 Å². The van der Waals surface area contributed by atoms with E-state index in [1.54, 1.807) is 6.92 Å². The van der Waals surface area contributed by atoms with Crippen molar-refractivity contribution >= 4 is 16.7 Å². The molecule has 0 aliphatic carbocycles. The van der Waals surface area contributed by atoms with Crippen LogP contribution in [0.5, 0.6) is 5.75 Å². The van der Waals surface area contributed by atoms with Crippen LogP contribution in [0, 0.1) is 0 Å². The maximum atomic E-state index is 11.9. The van der Waals surface area contributed by atoms with Gasteiger partial charge in [0.15, 0.2) is 6.10 Å². The number of benzene rings is 2. The van der Waals surface area contributed by atoms with Crippen LogP contribution in [-0.2, 0) is 19.0 Å². The molecule has 5 heteroatoms. The Morgan fingerprint density at radius 1 is 1.20 bits per heavy atom. The Morgan fingerprint density at radius 2 is 2.04 bits per heavy atom. The lowest BCUT2D eigenvalue weighted by Crippen LogP contribution is -2.28. The van der Waals surface area contributed by atoms with Gasteiger partial charge in [-0.2, -0.15) is 0 Å². The highest BCUT2D eigenvalue weighted by atomic mass is 16.6. The van der Waals surface area contributed by atoms with Crippen LogP contribution in [0.15, 0.2) is 42.5 Å². The SMILES string of the molecule is CC(OCC1CCCO1)C(=O)OCCOc1ccc2ccccc2c1. The van der Waals surface area contributed by atoms with Crippen LogP contribution in [-0.4, -0.2) is 44.6 Å². The Morgan fingerprint density at radius 3 is 2.84 bits per heavy atom. The summed E-state index contributed by atoms with van der Waals surface area (Å²) in [5.41, 5.74) is 0. The lowest BCUT2D eigenvalue weighted by atomic mass is 10.1. The summed E-state index contributed by atoms with van der Waals surface area (Å²) in [6.07, 6.45) is 1.55. The van der Waals surface area contributed by atoms with Crippen molar-refractivity contribution in [3.05, 3.63) is 42.5 Å². The third kappa shape index (κ3) is 5.18. The van der Waals surface area contributed by atoms with Gasteiger partial charge in [0.2, 0.25) is 0 Å². The summed E-state index contributed by atoms with van der Waals surface area (Å²) in [5, 5.41) is 2.28. The molecule has 1 aliphatic heterocycles. The van der Waals surface area contributed by atoms with E-state index in [4.69, 9.17) is 18.9 Å². The summed E-state index contributed by atoms with van der Waals surface area (Å²) in [4.78, 5) is 11.9. The molecular weight excluding hydrogens is 320 g/mol. The third-order valence-corrected chi connectivity index (χ3v) is 4.21. The van der Waals surface area contributed by atoms with Crippen molar-refractivity contribution in [1.29, 1.82) is 0 Å². The minimum atomic E-state index is -0.593. The fourth-order valence-corrected chi connectivity index (χ4v) is 2.77. The Balaban J connectivity index is 1.35. The zero-order valence-electron chi connectivity index (χ0n) is 14.5. The monoisotopic (exact) mass is 344 g/mol. The molecule has 2 aromatic carbocycles. The summed E-state index contributed by atoms with van der Waals surface area (Å²) < 4.78 is 21.8. The minimum Gasteiger partial charge on any atom is -0.490 e. The molecule has 0 amide bonds. The lowest BCUT2D eigenvalue weighted by Gasteiger charge is -2.15. The van der Waals surface area contributed by atoms with Gasteiger partial charge < -0.3 is 18.9 Å². The van der Waals surface area contributed by atoms with Gasteiger partial charge in [0.05, 0.1) is 12.7 Å². The zero-order chi connectivity index (χ0) is 17.5. The number of fused-ring (bicyclic) bond motifs is 1. The number of hydrogen-bond acceptors (Lipinski definition) is 5. The second kappa shape index (κ2) is 8.83. The number of ether oxygens (including phenoxy) is 4. The maximum Gasteiger partial charge on any atom is 0.335 e. The summed E-state index contributed by atoms with van der Waals surface area (Å²) in [6, 6.07) is 14.0. The molecule has 1 aliphatic rings. The van der Waals surface area contributed by atoms with E-state index in [2.05, 4.69) is 6.07 Å². The number of rotatable bonds is 8. The Bertz CT molecular complexity index is 693. The van der Waals surface area contributed by atoms with E-state index in [9.17, 15) is 4.79 Å². The highest BCUT2D eigenvalue weighted by molar-refractivity contribution is 5.83. The van der Waals surface area contributed by atoms with Crippen LogP contribution in [0.1, 0.15) is 19.8 Å². The predicted molar refractivity (Wildman–Crippen MR) is 94.8 cm³/mol. The first-order valence-electron chi connectivity index (χ1n) is 8.74. The van der Waals surface area contributed by atoms with E-state index < -0.39 is 6.10 Å². The van der Waals surface area contributed by atoms with Gasteiger partial charge in [-0.15, -0.1) is 0 Å². The van der Waals surface area contributed by atoms with E-state index >= 15 is 0 Å². The molecule has 2 unspecified atom stereocenters. The Labute approximate surface area is 147 Å². The van der Waals surface area contributed by atoms with Gasteiger partial charge in [-0.3, -0.25) is 0 Å². The molecule has 3 rings (SSSR count). The molecular formula is C20H24O5. The number of carbonyl (C=O) groups is 1. The molecule has 0 radical (unpaired) electrons. The molecule has 1 heterocycles. The van der Waals surface area contributed by atoms with E-state index in [0.717, 1.165) is 30.6 Å². The summed E-state index contributed by atoms with van der Waals surface area (Å²) in [6.45, 7) is 3.41. The van der Waals surface area contributed by atoms with E-state index in [-0.39, 0.29) is 18.7 Å². The Hall–Kier alpha value is -2.11. The first-order chi connectivity index (χ1) is 12.2. The van der Waals surface area contributed by atoms with Crippen molar-refractivity contribution in [2.75, 3.05) is 26.4 Å². The molecule has 2 aromatic rings. The quantitative estimate of drug-likeness (QED) is 0.543. The standard InChI is InChI=1S/C20H24O5/c1-15(25-14-19-7-4-10-22-19)20(21)24-12-11-23-18-9-8-16-5-2-3-6-17(16)13-18/h2-3,5-6,8-9,13,15,19H,4,7,10-12,14H2,1H3. The first kappa shape index (κ1) is 17.7. The molecule has 1 saturated heterocycles. The van der Waals surface area contributed by atoms with Crippen LogP contribution in [0.25, 0.3) is 10.8 Å². The maximum absolute atomic E-state index is 11.9. The second-order valence-corrected chi connectivity index (χ2v) is 6.14. The average Bonchev–Trinajstić information content (AvgIpc) is 3.16. The van der Waals surface area contributed by atoms with Crippen molar-refractivity contribution in [2.45, 2.75) is 32.0 Å². The number of esters is 1. The molecule has 0 aromatic heterocycles. The summed E-state index contributed by atoms with van der Waals surface area (Å²) in [7, 11) is 0. The normalized spacial score (nSPS) is 18.2. The van der Waals surface area contributed by atoms with Crippen molar-refractivity contribution in [1.82, 2.24) is 0 Å². The van der Waals surface area contributed by atoms with Gasteiger partial charge in [0.25, 0.3) is 0 Å². The molecule has 5 nitrogen and oxygen atoms in total. The molecule has 25 heavy (non-hydrogen) atoms. The second-order valence-electron chi connectivity index (χ2n) is 6.14. The van der Waals surface area contributed by atoms with Crippen molar-refractivity contribution in [2.24, 2.45) is 0 Å². The minimum absolute atomic E-state index is 0.103. The predicted octanol–water partition coefficient (Wildman–Crippen LogP) is 3.35. The van der Waals surface area contributed by atoms with Gasteiger partial charge in [0.1, 0.15) is 19.0 Å². The summed E-state index contributed by atoms with van der Waals surface area (Å²) >= 11 is 0. The van der Waals surface area contributed by atoms with Gasteiger partial charge >= 0.3 is 5.97 Å². The fraction of sp³-hybridized carbons (Fsp3) is 0.450. The number of hydrogen-bond donors (Lipinski definition) is 0. The average molecular weight is 344 g/mol. The van der Waals surface area contributed by atoms with E-state index in [1.807, 2.05) is 36.4 Å². The number of carbonyl (C=O) groups excluding carboxylic acids is 1. The van der Waals surface area contributed by atoms with Crippen LogP contribution >= 0.6 is 0 Å². The van der Waals surface area contributed by atoms with Crippen molar-refractivity contribution in [3.8, 4) is 5.75 Å². The topological polar surface area (TPSA) is 54.0 Å². The largest absolute Gasteiger partial charge is 0.490 e. The van der Waals surface area contributed by atoms with E-state index in [0.29, 0.717) is 13.2 Å². The van der Waals surface area contributed by atoms with Gasteiger partial charge in [0, 0.05) is 6.61 Å². The third-order valence-electron chi connectivity index (χ3n) is 4.21. The molecule has 0 bridgehead atoms. The van der Waals surface area contributed by atoms with Crippen LogP contribution < -0.4 is 4.74 Å². The molecule has 0 N–H and O–H groups in total. The molecule has 134 valence electrons. The first-order valence-corrected chi connectivity index (χ1v) is 8.74. The summed E-state index contributed by atoms with van der Waals surface area (Å²) in [5.74, 6) is 0.387. The smallest absolute Gasteiger partial charge is 0.335 e. The van der Waals surface area contributed by atoms with Crippen LogP contribution in [0.4, 0.5) is 0 Å². The van der Waals surface area contributed by atoms with Gasteiger partial charge in [-0.1, -0.05) is 30.3 Å². The van der Waals surface area contributed by atoms with E-state index in [1.165, 1.54) is 5.39 Å². The molecule has 0 saturated carbocycles. The fourth-order valence-electron chi connectivity index (χ4n) is 2.77. The lowest BCUT2D eigenvalue weighted by molar-refractivity contribution is -0.158.